The minimum absolute atomic E-state index is 0.0263. The van der Waals surface area contributed by atoms with E-state index in [1.54, 1.807) is 7.05 Å². The molecule has 0 aromatic carbocycles. The second-order valence-corrected chi connectivity index (χ2v) is 5.50. The molecule has 0 atom stereocenters. The van der Waals surface area contributed by atoms with Gasteiger partial charge in [0.15, 0.2) is 0 Å². The van der Waals surface area contributed by atoms with Gasteiger partial charge in [0.25, 0.3) is 0 Å². The lowest BCUT2D eigenvalue weighted by molar-refractivity contribution is -0.128. The van der Waals surface area contributed by atoms with Crippen molar-refractivity contribution in [3.8, 4) is 0 Å². The highest BCUT2D eigenvalue weighted by Crippen LogP contribution is 2.28. The molecule has 1 amide bonds. The average Bonchev–Trinajstić information content (AvgIpc) is 2.63. The minimum atomic E-state index is -0.543. The van der Waals surface area contributed by atoms with E-state index in [0.717, 1.165) is 25.7 Å². The second kappa shape index (κ2) is 5.15. The van der Waals surface area contributed by atoms with Gasteiger partial charge in [0.05, 0.1) is 11.0 Å². The molecule has 0 aliphatic heterocycles. The van der Waals surface area contributed by atoms with E-state index < -0.39 is 11.0 Å². The van der Waals surface area contributed by atoms with Gasteiger partial charge in [-0.15, -0.1) is 0 Å². The molecule has 1 aliphatic carbocycles. The van der Waals surface area contributed by atoms with Gasteiger partial charge in [-0.3, -0.25) is 4.79 Å². The summed E-state index contributed by atoms with van der Waals surface area (Å²) in [5, 5.41) is 16.0. The lowest BCUT2D eigenvalue weighted by Crippen LogP contribution is -2.46. The Hall–Kier alpha value is -0.610. The summed E-state index contributed by atoms with van der Waals surface area (Å²) in [5.41, 5.74) is -0.970. The highest BCUT2D eigenvalue weighted by atomic mass is 16.3. The molecule has 4 heteroatoms. The maximum atomic E-state index is 11.5. The number of aliphatic hydroxyl groups is 1. The molecule has 1 rings (SSSR count). The monoisotopic (exact) mass is 228 g/mol. The van der Waals surface area contributed by atoms with Crippen LogP contribution in [0.15, 0.2) is 0 Å². The number of amides is 1. The molecule has 0 unspecified atom stereocenters. The van der Waals surface area contributed by atoms with Crippen molar-refractivity contribution in [2.45, 2.75) is 45.1 Å². The summed E-state index contributed by atoms with van der Waals surface area (Å²) in [6.45, 7) is 4.98. The van der Waals surface area contributed by atoms with Crippen LogP contribution in [0.5, 0.6) is 0 Å². The fourth-order valence-electron chi connectivity index (χ4n) is 2.24. The molecule has 16 heavy (non-hydrogen) atoms. The zero-order valence-electron chi connectivity index (χ0n) is 10.6. The van der Waals surface area contributed by atoms with Crippen molar-refractivity contribution < 1.29 is 9.90 Å². The molecular weight excluding hydrogens is 204 g/mol. The van der Waals surface area contributed by atoms with E-state index in [4.69, 9.17) is 0 Å². The van der Waals surface area contributed by atoms with Crippen molar-refractivity contribution >= 4 is 5.91 Å². The van der Waals surface area contributed by atoms with Crippen LogP contribution in [0, 0.1) is 5.41 Å². The Kier molecular flexibility index (Phi) is 4.33. The van der Waals surface area contributed by atoms with Crippen LogP contribution in [0.1, 0.15) is 39.5 Å². The van der Waals surface area contributed by atoms with Crippen molar-refractivity contribution in [3.63, 3.8) is 0 Å². The fourth-order valence-corrected chi connectivity index (χ4v) is 2.24. The Labute approximate surface area is 97.8 Å². The largest absolute Gasteiger partial charge is 0.389 e. The Balaban J connectivity index is 2.31. The second-order valence-electron chi connectivity index (χ2n) is 5.50. The molecule has 3 N–H and O–H groups in total. The highest BCUT2D eigenvalue weighted by molar-refractivity contribution is 5.81. The van der Waals surface area contributed by atoms with Crippen LogP contribution >= 0.6 is 0 Å². The Morgan fingerprint density at radius 2 is 1.94 bits per heavy atom. The topological polar surface area (TPSA) is 61.4 Å². The first-order valence-electron chi connectivity index (χ1n) is 6.05. The van der Waals surface area contributed by atoms with Gasteiger partial charge in [-0.25, -0.2) is 0 Å². The fraction of sp³-hybridized carbons (Fsp3) is 0.917. The van der Waals surface area contributed by atoms with Gasteiger partial charge < -0.3 is 15.7 Å². The first-order valence-corrected chi connectivity index (χ1v) is 6.05. The van der Waals surface area contributed by atoms with E-state index in [1.165, 1.54) is 0 Å². The third-order valence-corrected chi connectivity index (χ3v) is 3.40. The van der Waals surface area contributed by atoms with Gasteiger partial charge in [0.2, 0.25) is 5.91 Å². The molecule has 0 saturated heterocycles. The molecule has 1 saturated carbocycles. The standard InChI is InChI=1S/C12H24N2O2/c1-11(2,10(15)13-3)8-14-9-12(16)6-4-5-7-12/h14,16H,4-9H2,1-3H3,(H,13,15). The molecule has 0 spiro atoms. The third-order valence-electron chi connectivity index (χ3n) is 3.40. The number of rotatable bonds is 5. The van der Waals surface area contributed by atoms with E-state index in [2.05, 4.69) is 10.6 Å². The smallest absolute Gasteiger partial charge is 0.226 e. The average molecular weight is 228 g/mol. The summed E-state index contributed by atoms with van der Waals surface area (Å²) in [5.74, 6) is 0.0263. The van der Waals surface area contributed by atoms with Gasteiger partial charge in [-0.1, -0.05) is 12.8 Å². The van der Waals surface area contributed by atoms with Crippen LogP contribution in [0.4, 0.5) is 0 Å². The first kappa shape index (κ1) is 13.5. The number of carbonyl (C=O) groups excluding carboxylic acids is 1. The van der Waals surface area contributed by atoms with Gasteiger partial charge >= 0.3 is 0 Å². The summed E-state index contributed by atoms with van der Waals surface area (Å²) < 4.78 is 0. The Morgan fingerprint density at radius 3 is 2.44 bits per heavy atom. The predicted molar refractivity (Wildman–Crippen MR) is 64.1 cm³/mol. The van der Waals surface area contributed by atoms with Crippen LogP contribution in [-0.2, 0) is 4.79 Å². The van der Waals surface area contributed by atoms with Crippen molar-refractivity contribution in [2.75, 3.05) is 20.1 Å². The van der Waals surface area contributed by atoms with E-state index in [9.17, 15) is 9.90 Å². The molecule has 0 heterocycles. The van der Waals surface area contributed by atoms with Gasteiger partial charge in [0, 0.05) is 20.1 Å². The Morgan fingerprint density at radius 1 is 1.38 bits per heavy atom. The molecule has 4 nitrogen and oxygen atoms in total. The van der Waals surface area contributed by atoms with E-state index in [0.29, 0.717) is 13.1 Å². The van der Waals surface area contributed by atoms with Crippen LogP contribution in [0.3, 0.4) is 0 Å². The van der Waals surface area contributed by atoms with Crippen LogP contribution in [0.2, 0.25) is 0 Å². The molecule has 0 aromatic heterocycles. The summed E-state index contributed by atoms with van der Waals surface area (Å²) in [6, 6.07) is 0. The SMILES string of the molecule is CNC(=O)C(C)(C)CNCC1(O)CCCC1. The van der Waals surface area contributed by atoms with Crippen molar-refractivity contribution in [2.24, 2.45) is 5.41 Å². The first-order chi connectivity index (χ1) is 7.40. The zero-order valence-corrected chi connectivity index (χ0v) is 10.6. The number of hydrogen-bond donors (Lipinski definition) is 3. The molecule has 1 aliphatic rings. The highest BCUT2D eigenvalue weighted by Gasteiger charge is 2.32. The maximum absolute atomic E-state index is 11.5. The van der Waals surface area contributed by atoms with Gasteiger partial charge in [-0.2, -0.15) is 0 Å². The van der Waals surface area contributed by atoms with Crippen molar-refractivity contribution in [1.82, 2.24) is 10.6 Å². The molecule has 94 valence electrons. The molecular formula is C12H24N2O2. The maximum Gasteiger partial charge on any atom is 0.226 e. The van der Waals surface area contributed by atoms with E-state index in [1.807, 2.05) is 13.8 Å². The number of nitrogens with one attached hydrogen (secondary N) is 2. The third kappa shape index (κ3) is 3.46. The summed E-state index contributed by atoms with van der Waals surface area (Å²) in [7, 11) is 1.65. The Bertz CT molecular complexity index is 245. The van der Waals surface area contributed by atoms with Gasteiger partial charge in [-0.05, 0) is 26.7 Å². The summed E-state index contributed by atoms with van der Waals surface area (Å²) in [6.07, 6.45) is 3.97. The summed E-state index contributed by atoms with van der Waals surface area (Å²) in [4.78, 5) is 11.5. The van der Waals surface area contributed by atoms with E-state index >= 15 is 0 Å². The summed E-state index contributed by atoms with van der Waals surface area (Å²) >= 11 is 0. The van der Waals surface area contributed by atoms with E-state index in [-0.39, 0.29) is 5.91 Å². The van der Waals surface area contributed by atoms with Crippen molar-refractivity contribution in [1.29, 1.82) is 0 Å². The quantitative estimate of drug-likeness (QED) is 0.647. The van der Waals surface area contributed by atoms with Crippen LogP contribution in [0.25, 0.3) is 0 Å². The lowest BCUT2D eigenvalue weighted by Gasteiger charge is -2.27. The zero-order chi connectivity index (χ0) is 12.2. The predicted octanol–water partition coefficient (Wildman–Crippen LogP) is 0.653. The normalized spacial score (nSPS) is 19.8. The molecule has 0 bridgehead atoms. The van der Waals surface area contributed by atoms with Gasteiger partial charge in [0.1, 0.15) is 0 Å². The lowest BCUT2D eigenvalue weighted by atomic mass is 9.91. The molecule has 1 fully saturated rings. The van der Waals surface area contributed by atoms with Crippen molar-refractivity contribution in [3.05, 3.63) is 0 Å². The molecule has 0 aromatic rings. The number of carbonyl (C=O) groups is 1. The minimum Gasteiger partial charge on any atom is -0.389 e. The molecule has 0 radical (unpaired) electrons. The number of hydrogen-bond acceptors (Lipinski definition) is 3. The van der Waals surface area contributed by atoms with Crippen LogP contribution < -0.4 is 10.6 Å². The van der Waals surface area contributed by atoms with Crippen LogP contribution in [-0.4, -0.2) is 36.8 Å².